The molecule has 2 aliphatic rings. The van der Waals surface area contributed by atoms with Gasteiger partial charge in [-0.1, -0.05) is 26.2 Å². The highest BCUT2D eigenvalue weighted by Crippen LogP contribution is 2.42. The van der Waals surface area contributed by atoms with Crippen molar-refractivity contribution in [2.45, 2.75) is 57.7 Å². The van der Waals surface area contributed by atoms with Crippen LogP contribution in [0.2, 0.25) is 0 Å². The first-order valence-electron chi connectivity index (χ1n) is 6.12. The number of aliphatic hydroxyl groups is 1. The van der Waals surface area contributed by atoms with Crippen molar-refractivity contribution >= 4 is 0 Å². The molecule has 0 amide bonds. The van der Waals surface area contributed by atoms with Gasteiger partial charge in [-0.3, -0.25) is 0 Å². The highest BCUT2D eigenvalue weighted by Gasteiger charge is 2.45. The van der Waals surface area contributed by atoms with E-state index in [0.717, 1.165) is 13.0 Å². The number of fused-ring (bicyclic) bond motifs is 1. The molecule has 2 nitrogen and oxygen atoms in total. The Hall–Kier alpha value is -0.0800. The van der Waals surface area contributed by atoms with Gasteiger partial charge in [0, 0.05) is 13.0 Å². The van der Waals surface area contributed by atoms with Crippen LogP contribution in [-0.2, 0) is 4.74 Å². The van der Waals surface area contributed by atoms with Crippen molar-refractivity contribution in [3.8, 4) is 0 Å². The normalized spacial score (nSPS) is 41.6. The van der Waals surface area contributed by atoms with Gasteiger partial charge in [-0.15, -0.1) is 0 Å². The van der Waals surface area contributed by atoms with Gasteiger partial charge >= 0.3 is 0 Å². The Morgan fingerprint density at radius 2 is 2.21 bits per heavy atom. The molecule has 82 valence electrons. The summed E-state index contributed by atoms with van der Waals surface area (Å²) in [4.78, 5) is 0. The molecule has 1 heterocycles. The molecule has 1 N–H and O–H groups in total. The first kappa shape index (κ1) is 10.4. The van der Waals surface area contributed by atoms with E-state index in [0.29, 0.717) is 17.9 Å². The highest BCUT2D eigenvalue weighted by atomic mass is 16.5. The van der Waals surface area contributed by atoms with Crippen LogP contribution >= 0.6 is 0 Å². The summed E-state index contributed by atoms with van der Waals surface area (Å²) in [6.07, 6.45) is 7.44. The van der Waals surface area contributed by atoms with Crippen LogP contribution < -0.4 is 0 Å². The molecule has 0 bridgehead atoms. The second kappa shape index (κ2) is 4.63. The van der Waals surface area contributed by atoms with Crippen molar-refractivity contribution in [2.24, 2.45) is 11.8 Å². The Labute approximate surface area is 86.6 Å². The van der Waals surface area contributed by atoms with Gasteiger partial charge in [0.15, 0.2) is 0 Å². The second-order valence-electron chi connectivity index (χ2n) is 4.82. The number of unbranched alkanes of at least 4 members (excludes halogenated alkanes) is 2. The molecule has 1 saturated heterocycles. The average molecular weight is 198 g/mol. The van der Waals surface area contributed by atoms with Crippen molar-refractivity contribution < 1.29 is 9.84 Å². The van der Waals surface area contributed by atoms with E-state index in [1.807, 2.05) is 0 Å². The fourth-order valence-corrected chi connectivity index (χ4v) is 3.13. The lowest BCUT2D eigenvalue weighted by atomic mass is 9.88. The fraction of sp³-hybridized carbons (Fsp3) is 1.00. The number of hydrogen-bond donors (Lipinski definition) is 1. The minimum Gasteiger partial charge on any atom is -0.393 e. The molecule has 1 saturated carbocycles. The smallest absolute Gasteiger partial charge is 0.0632 e. The largest absolute Gasteiger partial charge is 0.393 e. The zero-order valence-corrected chi connectivity index (χ0v) is 9.11. The summed E-state index contributed by atoms with van der Waals surface area (Å²) in [5.41, 5.74) is 0. The van der Waals surface area contributed by atoms with Crippen molar-refractivity contribution in [3.05, 3.63) is 0 Å². The van der Waals surface area contributed by atoms with Crippen molar-refractivity contribution in [1.82, 2.24) is 0 Å². The third-order valence-electron chi connectivity index (χ3n) is 3.92. The third kappa shape index (κ3) is 1.96. The van der Waals surface area contributed by atoms with Crippen LogP contribution in [0.1, 0.15) is 45.4 Å². The Morgan fingerprint density at radius 1 is 1.36 bits per heavy atom. The maximum absolute atomic E-state index is 9.91. The molecular formula is C12H22O2. The van der Waals surface area contributed by atoms with Crippen LogP contribution in [-0.4, -0.2) is 23.9 Å². The van der Waals surface area contributed by atoms with E-state index < -0.39 is 0 Å². The Kier molecular flexibility index (Phi) is 3.45. The maximum atomic E-state index is 9.91. The van der Waals surface area contributed by atoms with Crippen LogP contribution in [0.4, 0.5) is 0 Å². The van der Waals surface area contributed by atoms with Gasteiger partial charge < -0.3 is 9.84 Å². The topological polar surface area (TPSA) is 29.5 Å². The first-order valence-corrected chi connectivity index (χ1v) is 6.12. The molecule has 4 atom stereocenters. The molecule has 0 spiro atoms. The van der Waals surface area contributed by atoms with Crippen molar-refractivity contribution in [1.29, 1.82) is 0 Å². The summed E-state index contributed by atoms with van der Waals surface area (Å²) in [7, 11) is 0. The lowest BCUT2D eigenvalue weighted by Crippen LogP contribution is -2.19. The van der Waals surface area contributed by atoms with E-state index in [1.165, 1.54) is 32.1 Å². The van der Waals surface area contributed by atoms with Gasteiger partial charge in [0.2, 0.25) is 0 Å². The summed E-state index contributed by atoms with van der Waals surface area (Å²) in [6, 6.07) is 0. The third-order valence-corrected chi connectivity index (χ3v) is 3.92. The van der Waals surface area contributed by atoms with Gasteiger partial charge in [-0.05, 0) is 24.7 Å². The quantitative estimate of drug-likeness (QED) is 0.703. The van der Waals surface area contributed by atoms with E-state index in [4.69, 9.17) is 4.74 Å². The highest BCUT2D eigenvalue weighted by molar-refractivity contribution is 4.94. The van der Waals surface area contributed by atoms with Gasteiger partial charge in [0.1, 0.15) is 0 Å². The summed E-state index contributed by atoms with van der Waals surface area (Å²) in [6.45, 7) is 3.15. The Morgan fingerprint density at radius 3 is 3.00 bits per heavy atom. The molecule has 0 radical (unpaired) electrons. The molecule has 1 aliphatic heterocycles. The van der Waals surface area contributed by atoms with Crippen LogP contribution in [0, 0.1) is 11.8 Å². The number of ether oxygens (including phenoxy) is 1. The van der Waals surface area contributed by atoms with Crippen LogP contribution in [0.5, 0.6) is 0 Å². The minimum absolute atomic E-state index is 0.0813. The molecule has 2 heteroatoms. The lowest BCUT2D eigenvalue weighted by molar-refractivity contribution is 0.0773. The minimum atomic E-state index is -0.0813. The van der Waals surface area contributed by atoms with E-state index in [2.05, 4.69) is 6.92 Å². The van der Waals surface area contributed by atoms with Crippen molar-refractivity contribution in [3.63, 3.8) is 0 Å². The second-order valence-corrected chi connectivity index (χ2v) is 4.82. The molecule has 1 aliphatic carbocycles. The Balaban J connectivity index is 1.83. The van der Waals surface area contributed by atoms with Gasteiger partial charge in [0.25, 0.3) is 0 Å². The van der Waals surface area contributed by atoms with Crippen LogP contribution in [0.25, 0.3) is 0 Å². The Bertz CT molecular complexity index is 181. The molecular weight excluding hydrogens is 176 g/mol. The molecule has 0 aromatic rings. The summed E-state index contributed by atoms with van der Waals surface area (Å²) < 4.78 is 5.62. The average Bonchev–Trinajstić information content (AvgIpc) is 2.69. The lowest BCUT2D eigenvalue weighted by Gasteiger charge is -2.19. The standard InChI is InChI=1S/C12H22O2/c1-2-3-4-5-9-10-6-7-14-12(10)8-11(9)13/h9-13H,2-8H2,1H3/t9?,10-,11-,12+/m1/s1. The molecule has 1 unspecified atom stereocenters. The fourth-order valence-electron chi connectivity index (χ4n) is 3.13. The van der Waals surface area contributed by atoms with E-state index in [9.17, 15) is 5.11 Å². The van der Waals surface area contributed by atoms with E-state index >= 15 is 0 Å². The predicted molar refractivity (Wildman–Crippen MR) is 56.1 cm³/mol. The maximum Gasteiger partial charge on any atom is 0.0632 e. The summed E-state index contributed by atoms with van der Waals surface area (Å²) >= 11 is 0. The summed E-state index contributed by atoms with van der Waals surface area (Å²) in [5, 5.41) is 9.91. The summed E-state index contributed by atoms with van der Waals surface area (Å²) in [5.74, 6) is 1.20. The number of rotatable bonds is 4. The predicted octanol–water partition coefficient (Wildman–Crippen LogP) is 2.35. The number of aliphatic hydroxyl groups excluding tert-OH is 1. The SMILES string of the molecule is CCCCCC1[C@H](O)C[C@@H]2OCC[C@H]12. The van der Waals surface area contributed by atoms with Crippen molar-refractivity contribution in [2.75, 3.05) is 6.61 Å². The molecule has 2 rings (SSSR count). The molecule has 0 aromatic heterocycles. The van der Waals surface area contributed by atoms with Gasteiger partial charge in [0.05, 0.1) is 12.2 Å². The zero-order chi connectivity index (χ0) is 9.97. The van der Waals surface area contributed by atoms with Crippen LogP contribution in [0.3, 0.4) is 0 Å². The van der Waals surface area contributed by atoms with E-state index in [-0.39, 0.29) is 6.10 Å². The monoisotopic (exact) mass is 198 g/mol. The molecule has 0 aromatic carbocycles. The van der Waals surface area contributed by atoms with E-state index in [1.54, 1.807) is 0 Å². The van der Waals surface area contributed by atoms with Gasteiger partial charge in [-0.2, -0.15) is 0 Å². The molecule has 14 heavy (non-hydrogen) atoms. The van der Waals surface area contributed by atoms with Crippen LogP contribution in [0.15, 0.2) is 0 Å². The zero-order valence-electron chi connectivity index (χ0n) is 9.11. The first-order chi connectivity index (χ1) is 6.83. The molecule has 2 fully saturated rings. The number of hydrogen-bond acceptors (Lipinski definition) is 2. The van der Waals surface area contributed by atoms with Gasteiger partial charge in [-0.25, -0.2) is 0 Å².